The Hall–Kier alpha value is -2.55. The van der Waals surface area contributed by atoms with Crippen LogP contribution in [0.3, 0.4) is 0 Å². The number of benzene rings is 2. The van der Waals surface area contributed by atoms with Gasteiger partial charge in [-0.25, -0.2) is 4.79 Å². The number of esters is 1. The fourth-order valence-corrected chi connectivity index (χ4v) is 2.42. The highest BCUT2D eigenvalue weighted by atomic mass is 16.7. The number of carbonyl (C=O) groups excluding carboxylic acids is 1. The highest BCUT2D eigenvalue weighted by Gasteiger charge is 2.22. The van der Waals surface area contributed by atoms with Crippen molar-refractivity contribution in [3.63, 3.8) is 0 Å². The minimum Gasteiger partial charge on any atom is -0.460 e. The van der Waals surface area contributed by atoms with Gasteiger partial charge in [0, 0.05) is 5.57 Å². The highest BCUT2D eigenvalue weighted by Crippen LogP contribution is 2.32. The number of ether oxygens (including phenoxy) is 2. The number of fused-ring (bicyclic) bond motifs is 1. The van der Waals surface area contributed by atoms with Gasteiger partial charge >= 0.3 is 5.97 Å². The summed E-state index contributed by atoms with van der Waals surface area (Å²) in [6, 6.07) is 17.0. The van der Waals surface area contributed by atoms with Gasteiger partial charge in [0.2, 0.25) is 0 Å². The minimum atomic E-state index is -0.393. The molecule has 0 amide bonds. The molecule has 0 fully saturated rings. The monoisotopic (exact) mass is 280 g/mol. The van der Waals surface area contributed by atoms with Crippen LogP contribution in [-0.4, -0.2) is 5.97 Å². The molecule has 2 aromatic carbocycles. The van der Waals surface area contributed by atoms with Gasteiger partial charge in [0.15, 0.2) is 0 Å². The van der Waals surface area contributed by atoms with E-state index in [0.717, 1.165) is 23.1 Å². The molecule has 21 heavy (non-hydrogen) atoms. The van der Waals surface area contributed by atoms with Crippen LogP contribution in [0.1, 0.15) is 34.8 Å². The first kappa shape index (κ1) is 13.4. The zero-order chi connectivity index (χ0) is 14.7. The number of carbonyl (C=O) groups is 1. The van der Waals surface area contributed by atoms with Crippen molar-refractivity contribution in [2.24, 2.45) is 0 Å². The van der Waals surface area contributed by atoms with Crippen LogP contribution in [0.25, 0.3) is 5.57 Å². The van der Waals surface area contributed by atoms with Gasteiger partial charge < -0.3 is 9.47 Å². The summed E-state index contributed by atoms with van der Waals surface area (Å²) in [6.07, 6.45) is 0.744. The van der Waals surface area contributed by atoms with E-state index in [4.69, 9.17) is 9.47 Å². The molecule has 106 valence electrons. The quantitative estimate of drug-likeness (QED) is 0.792. The summed E-state index contributed by atoms with van der Waals surface area (Å²) < 4.78 is 11.1. The summed E-state index contributed by atoms with van der Waals surface area (Å²) in [4.78, 5) is 12.1. The maximum atomic E-state index is 12.1. The third-order valence-electron chi connectivity index (χ3n) is 3.50. The Labute approximate surface area is 123 Å². The van der Waals surface area contributed by atoms with E-state index in [9.17, 15) is 4.79 Å². The molecule has 0 bridgehead atoms. The fraction of sp³-hybridized carbons (Fsp3) is 0.167. The second-order valence-corrected chi connectivity index (χ2v) is 4.82. The summed E-state index contributed by atoms with van der Waals surface area (Å²) in [6.45, 7) is 2.45. The molecule has 2 aromatic rings. The van der Waals surface area contributed by atoms with Crippen molar-refractivity contribution in [3.8, 4) is 0 Å². The molecule has 0 spiro atoms. The lowest BCUT2D eigenvalue weighted by atomic mass is 9.97. The minimum absolute atomic E-state index is 0.324. The Morgan fingerprint density at radius 1 is 1.10 bits per heavy atom. The highest BCUT2D eigenvalue weighted by molar-refractivity contribution is 5.90. The van der Waals surface area contributed by atoms with E-state index in [1.54, 1.807) is 12.1 Å². The third kappa shape index (κ3) is 2.68. The molecule has 0 radical (unpaired) electrons. The molecule has 0 saturated heterocycles. The van der Waals surface area contributed by atoms with E-state index < -0.39 is 5.97 Å². The molecule has 0 N–H and O–H groups in total. The van der Waals surface area contributed by atoms with Crippen LogP contribution in [0.15, 0.2) is 60.5 Å². The first-order chi connectivity index (χ1) is 10.3. The van der Waals surface area contributed by atoms with Crippen molar-refractivity contribution in [3.05, 3.63) is 77.2 Å². The third-order valence-corrected chi connectivity index (χ3v) is 3.50. The number of hydrogen-bond donors (Lipinski definition) is 0. The van der Waals surface area contributed by atoms with Crippen LogP contribution in [0.2, 0.25) is 0 Å². The van der Waals surface area contributed by atoms with Gasteiger partial charge in [-0.2, -0.15) is 0 Å². The fourth-order valence-electron chi connectivity index (χ4n) is 2.42. The Morgan fingerprint density at radius 3 is 2.57 bits per heavy atom. The second kappa shape index (κ2) is 5.83. The molecule has 0 saturated carbocycles. The van der Waals surface area contributed by atoms with Crippen molar-refractivity contribution in [2.75, 3.05) is 0 Å². The summed E-state index contributed by atoms with van der Waals surface area (Å²) in [5, 5.41) is 0. The molecule has 0 atom stereocenters. The van der Waals surface area contributed by atoms with Crippen molar-refractivity contribution >= 4 is 11.5 Å². The van der Waals surface area contributed by atoms with Gasteiger partial charge in [-0.15, -0.1) is 0 Å². The first-order valence-electron chi connectivity index (χ1n) is 7.01. The maximum Gasteiger partial charge on any atom is 0.345 e. The van der Waals surface area contributed by atoms with Crippen LogP contribution in [0.5, 0.6) is 0 Å². The van der Waals surface area contributed by atoms with Crippen LogP contribution >= 0.6 is 0 Å². The average Bonchev–Trinajstić information content (AvgIpc) is 2.55. The van der Waals surface area contributed by atoms with Crippen LogP contribution in [0, 0.1) is 0 Å². The van der Waals surface area contributed by atoms with Gasteiger partial charge in [0.1, 0.15) is 6.61 Å². The maximum absolute atomic E-state index is 12.1. The number of allylic oxidation sites excluding steroid dienone is 1. The Morgan fingerprint density at radius 2 is 1.81 bits per heavy atom. The molecule has 0 unspecified atom stereocenters. The molecule has 0 aromatic heterocycles. The lowest BCUT2D eigenvalue weighted by molar-refractivity contribution is 0.0211. The molecule has 3 rings (SSSR count). The van der Waals surface area contributed by atoms with E-state index in [0.29, 0.717) is 18.1 Å². The van der Waals surface area contributed by atoms with E-state index in [1.165, 1.54) is 0 Å². The first-order valence-corrected chi connectivity index (χ1v) is 7.01. The predicted molar refractivity (Wildman–Crippen MR) is 80.3 cm³/mol. The average molecular weight is 280 g/mol. The topological polar surface area (TPSA) is 35.5 Å². The molecular formula is C18H16O3. The van der Waals surface area contributed by atoms with E-state index in [1.807, 2.05) is 49.4 Å². The van der Waals surface area contributed by atoms with Crippen molar-refractivity contribution < 1.29 is 14.3 Å². The Bertz CT molecular complexity index is 687. The predicted octanol–water partition coefficient (Wildman–Crippen LogP) is 4.15. The normalized spacial score (nSPS) is 13.4. The molecule has 1 aliphatic heterocycles. The van der Waals surface area contributed by atoms with Gasteiger partial charge in [-0.1, -0.05) is 49.4 Å². The van der Waals surface area contributed by atoms with E-state index in [-0.39, 0.29) is 0 Å². The lowest BCUT2D eigenvalue weighted by Crippen LogP contribution is -2.13. The Balaban J connectivity index is 1.91. The zero-order valence-electron chi connectivity index (χ0n) is 11.8. The Kier molecular flexibility index (Phi) is 3.73. The summed E-state index contributed by atoms with van der Waals surface area (Å²) >= 11 is 0. The molecule has 1 heterocycles. The van der Waals surface area contributed by atoms with E-state index >= 15 is 0 Å². The van der Waals surface area contributed by atoms with Gasteiger partial charge in [0.05, 0.1) is 5.56 Å². The molecule has 0 aliphatic carbocycles. The van der Waals surface area contributed by atoms with E-state index in [2.05, 4.69) is 0 Å². The number of rotatable bonds is 3. The van der Waals surface area contributed by atoms with Crippen molar-refractivity contribution in [2.45, 2.75) is 20.0 Å². The van der Waals surface area contributed by atoms with Crippen LogP contribution in [-0.2, 0) is 16.1 Å². The van der Waals surface area contributed by atoms with Crippen molar-refractivity contribution in [1.29, 1.82) is 0 Å². The SMILES string of the molecule is CCC1=C(OC(=O)c2ccccc2)OCc2ccccc21. The summed E-state index contributed by atoms with van der Waals surface area (Å²) in [5.41, 5.74) is 3.67. The summed E-state index contributed by atoms with van der Waals surface area (Å²) in [5.74, 6) is -0.0685. The smallest absolute Gasteiger partial charge is 0.345 e. The summed E-state index contributed by atoms with van der Waals surface area (Å²) in [7, 11) is 0. The van der Waals surface area contributed by atoms with Gasteiger partial charge in [0.25, 0.3) is 5.95 Å². The largest absolute Gasteiger partial charge is 0.460 e. The lowest BCUT2D eigenvalue weighted by Gasteiger charge is -2.22. The number of hydrogen-bond acceptors (Lipinski definition) is 3. The van der Waals surface area contributed by atoms with Crippen molar-refractivity contribution in [1.82, 2.24) is 0 Å². The molecule has 3 heteroatoms. The van der Waals surface area contributed by atoms with Crippen LogP contribution in [0.4, 0.5) is 0 Å². The zero-order valence-corrected chi connectivity index (χ0v) is 11.8. The second-order valence-electron chi connectivity index (χ2n) is 4.82. The van der Waals surface area contributed by atoms with Gasteiger partial charge in [-0.05, 0) is 29.7 Å². The van der Waals surface area contributed by atoms with Gasteiger partial charge in [-0.3, -0.25) is 0 Å². The molecule has 1 aliphatic rings. The van der Waals surface area contributed by atoms with Crippen LogP contribution < -0.4 is 0 Å². The standard InChI is InChI=1S/C18H16O3/c1-2-15-16-11-7-6-10-14(16)12-20-18(15)21-17(19)13-8-4-3-5-9-13/h3-11H,2,12H2,1H3. The molecular weight excluding hydrogens is 264 g/mol. The molecule has 3 nitrogen and oxygen atoms in total.